The molecular weight excluding hydrogens is 465 g/mol. The van der Waals surface area contributed by atoms with Crippen molar-refractivity contribution in [2.45, 2.75) is 11.3 Å². The second kappa shape index (κ2) is 8.48. The lowest BCUT2D eigenvalue weighted by atomic mass is 10.2. The van der Waals surface area contributed by atoms with Gasteiger partial charge in [-0.25, -0.2) is 23.2 Å². The molecule has 13 heteroatoms. The highest BCUT2D eigenvalue weighted by molar-refractivity contribution is 7.89. The van der Waals surface area contributed by atoms with Gasteiger partial charge in [-0.1, -0.05) is 6.07 Å². The first-order valence-corrected chi connectivity index (χ1v) is 11.1. The number of hydrogen-bond acceptors (Lipinski definition) is 7. The van der Waals surface area contributed by atoms with Crippen LogP contribution in [-0.4, -0.2) is 66.3 Å². The topological polar surface area (TPSA) is 113 Å². The zero-order chi connectivity index (χ0) is 23.8. The molecule has 0 unspecified atom stereocenters. The zero-order valence-electron chi connectivity index (χ0n) is 16.9. The lowest BCUT2D eigenvalue weighted by Crippen LogP contribution is -2.48. The standard InChI is InChI=1S/C20H17F3N4O5S/c21-20(22,23)32-13-4-6-14(7-5-13)33(30,31)27-10-8-26(9-11-27)17-12-24-18-15(19(28)29)2-1-3-16(18)25-17/h1-7,12H,8-11H2,(H,28,29). The summed E-state index contributed by atoms with van der Waals surface area (Å²) in [6.07, 6.45) is -3.42. The van der Waals surface area contributed by atoms with E-state index in [0.717, 1.165) is 24.3 Å². The van der Waals surface area contributed by atoms with Crippen molar-refractivity contribution in [3.63, 3.8) is 0 Å². The van der Waals surface area contributed by atoms with Gasteiger partial charge < -0.3 is 14.7 Å². The van der Waals surface area contributed by atoms with Crippen molar-refractivity contribution in [1.82, 2.24) is 14.3 Å². The van der Waals surface area contributed by atoms with Crippen LogP contribution in [0.2, 0.25) is 0 Å². The number of hydrogen-bond donors (Lipinski definition) is 1. The summed E-state index contributed by atoms with van der Waals surface area (Å²) in [4.78, 5) is 21.7. The van der Waals surface area contributed by atoms with Crippen LogP contribution in [0.1, 0.15) is 10.4 Å². The van der Waals surface area contributed by atoms with E-state index in [4.69, 9.17) is 0 Å². The Morgan fingerprint density at radius 1 is 1.03 bits per heavy atom. The number of fused-ring (bicyclic) bond motifs is 1. The molecule has 0 bridgehead atoms. The van der Waals surface area contributed by atoms with E-state index in [1.165, 1.54) is 16.6 Å². The van der Waals surface area contributed by atoms with Crippen molar-refractivity contribution in [3.05, 3.63) is 54.2 Å². The molecular formula is C20H17F3N4O5S. The number of ether oxygens (including phenoxy) is 1. The zero-order valence-corrected chi connectivity index (χ0v) is 17.7. The fourth-order valence-electron chi connectivity index (χ4n) is 3.48. The third-order valence-corrected chi connectivity index (χ3v) is 6.96. The summed E-state index contributed by atoms with van der Waals surface area (Å²) >= 11 is 0. The number of aromatic nitrogens is 2. The van der Waals surface area contributed by atoms with Gasteiger partial charge in [-0.15, -0.1) is 13.2 Å². The minimum Gasteiger partial charge on any atom is -0.478 e. The molecule has 9 nitrogen and oxygen atoms in total. The monoisotopic (exact) mass is 482 g/mol. The molecule has 0 aliphatic carbocycles. The van der Waals surface area contributed by atoms with Gasteiger partial charge in [0.1, 0.15) is 17.1 Å². The molecule has 4 rings (SSSR count). The second-order valence-electron chi connectivity index (χ2n) is 7.12. The first-order valence-electron chi connectivity index (χ1n) is 9.64. The average Bonchev–Trinajstić information content (AvgIpc) is 2.77. The van der Waals surface area contributed by atoms with Gasteiger partial charge in [-0.05, 0) is 36.4 Å². The SMILES string of the molecule is O=C(O)c1cccc2nc(N3CCN(S(=O)(=O)c4ccc(OC(F)(F)F)cc4)CC3)cnc12. The maximum Gasteiger partial charge on any atom is 0.573 e. The van der Waals surface area contributed by atoms with E-state index in [2.05, 4.69) is 14.7 Å². The van der Waals surface area contributed by atoms with Crippen molar-refractivity contribution >= 4 is 32.8 Å². The average molecular weight is 482 g/mol. The van der Waals surface area contributed by atoms with E-state index in [0.29, 0.717) is 24.4 Å². The Labute approximate surface area is 186 Å². The Morgan fingerprint density at radius 3 is 2.30 bits per heavy atom. The van der Waals surface area contributed by atoms with Crippen molar-refractivity contribution < 1.29 is 36.2 Å². The number of rotatable bonds is 5. The summed E-state index contributed by atoms with van der Waals surface area (Å²) in [5.74, 6) is -1.14. The number of carbonyl (C=O) groups is 1. The van der Waals surface area contributed by atoms with Gasteiger partial charge in [-0.3, -0.25) is 0 Å². The van der Waals surface area contributed by atoms with Crippen LogP contribution < -0.4 is 9.64 Å². The molecule has 3 aromatic rings. The van der Waals surface area contributed by atoms with Gasteiger partial charge in [-0.2, -0.15) is 4.31 Å². The van der Waals surface area contributed by atoms with Gasteiger partial charge in [0.25, 0.3) is 0 Å². The summed E-state index contributed by atoms with van der Waals surface area (Å²) in [5, 5.41) is 9.27. The minimum atomic E-state index is -4.86. The maximum atomic E-state index is 12.9. The number of aromatic carboxylic acids is 1. The van der Waals surface area contributed by atoms with Crippen LogP contribution in [0, 0.1) is 0 Å². The third kappa shape index (κ3) is 4.83. The van der Waals surface area contributed by atoms with E-state index in [-0.39, 0.29) is 29.1 Å². The highest BCUT2D eigenvalue weighted by Gasteiger charge is 2.32. The Bertz CT molecular complexity index is 1290. The predicted molar refractivity (Wildman–Crippen MR) is 111 cm³/mol. The summed E-state index contributed by atoms with van der Waals surface area (Å²) in [6.45, 7) is 0.844. The molecule has 1 saturated heterocycles. The first-order chi connectivity index (χ1) is 15.5. The molecule has 33 heavy (non-hydrogen) atoms. The van der Waals surface area contributed by atoms with Crippen molar-refractivity contribution in [1.29, 1.82) is 0 Å². The van der Waals surface area contributed by atoms with E-state index >= 15 is 0 Å². The van der Waals surface area contributed by atoms with Gasteiger partial charge >= 0.3 is 12.3 Å². The number of para-hydroxylation sites is 1. The number of halogens is 3. The lowest BCUT2D eigenvalue weighted by molar-refractivity contribution is -0.274. The van der Waals surface area contributed by atoms with E-state index in [1.54, 1.807) is 12.1 Å². The molecule has 1 aliphatic heterocycles. The number of piperazine rings is 1. The predicted octanol–water partition coefficient (Wildman–Crippen LogP) is 2.74. The number of carboxylic acid groups (broad SMARTS) is 1. The van der Waals surface area contributed by atoms with E-state index in [1.807, 2.05) is 4.90 Å². The van der Waals surface area contributed by atoms with E-state index < -0.39 is 28.1 Å². The van der Waals surface area contributed by atoms with Crippen LogP contribution in [-0.2, 0) is 10.0 Å². The molecule has 1 aliphatic rings. The normalized spacial score (nSPS) is 15.5. The maximum absolute atomic E-state index is 12.9. The number of carboxylic acids is 1. The molecule has 0 atom stereocenters. The molecule has 2 aromatic carbocycles. The number of alkyl halides is 3. The molecule has 1 aromatic heterocycles. The van der Waals surface area contributed by atoms with Crippen molar-refractivity contribution in [3.8, 4) is 5.75 Å². The molecule has 0 saturated carbocycles. The molecule has 2 heterocycles. The molecule has 0 amide bonds. The fraction of sp³-hybridized carbons (Fsp3) is 0.250. The van der Waals surface area contributed by atoms with Crippen LogP contribution in [0.15, 0.2) is 53.6 Å². The summed E-state index contributed by atoms with van der Waals surface area (Å²) < 4.78 is 67.6. The largest absolute Gasteiger partial charge is 0.573 e. The summed E-state index contributed by atoms with van der Waals surface area (Å²) in [7, 11) is -3.91. The smallest absolute Gasteiger partial charge is 0.478 e. The summed E-state index contributed by atoms with van der Waals surface area (Å²) in [6, 6.07) is 8.68. The number of sulfonamides is 1. The third-order valence-electron chi connectivity index (χ3n) is 5.05. The molecule has 0 spiro atoms. The van der Waals surface area contributed by atoms with Crippen molar-refractivity contribution in [2.24, 2.45) is 0 Å². The Hall–Kier alpha value is -3.45. The lowest BCUT2D eigenvalue weighted by Gasteiger charge is -2.34. The summed E-state index contributed by atoms with van der Waals surface area (Å²) in [5.41, 5.74) is 0.700. The van der Waals surface area contributed by atoms with Crippen molar-refractivity contribution in [2.75, 3.05) is 31.1 Å². The quantitative estimate of drug-likeness (QED) is 0.591. The molecule has 1 N–H and O–H groups in total. The van der Waals surface area contributed by atoms with Crippen LogP contribution in [0.25, 0.3) is 11.0 Å². The minimum absolute atomic E-state index is 0.0362. The Kier molecular flexibility index (Phi) is 5.84. The van der Waals surface area contributed by atoms with Gasteiger partial charge in [0.05, 0.1) is 22.2 Å². The second-order valence-corrected chi connectivity index (χ2v) is 9.05. The number of nitrogens with zero attached hydrogens (tertiary/aromatic N) is 4. The fourth-order valence-corrected chi connectivity index (χ4v) is 4.90. The van der Waals surface area contributed by atoms with E-state index in [9.17, 15) is 31.5 Å². The number of benzene rings is 2. The van der Waals surface area contributed by atoms with Crippen LogP contribution in [0.4, 0.5) is 19.0 Å². The van der Waals surface area contributed by atoms with Crippen LogP contribution in [0.5, 0.6) is 5.75 Å². The Balaban J connectivity index is 1.46. The molecule has 1 fully saturated rings. The number of anilines is 1. The van der Waals surface area contributed by atoms with Gasteiger partial charge in [0.15, 0.2) is 0 Å². The van der Waals surface area contributed by atoms with Crippen LogP contribution >= 0.6 is 0 Å². The Morgan fingerprint density at radius 2 is 1.70 bits per heavy atom. The first kappa shape index (κ1) is 22.7. The van der Waals surface area contributed by atoms with Crippen LogP contribution in [0.3, 0.4) is 0 Å². The van der Waals surface area contributed by atoms with Gasteiger partial charge in [0.2, 0.25) is 10.0 Å². The highest BCUT2D eigenvalue weighted by Crippen LogP contribution is 2.26. The highest BCUT2D eigenvalue weighted by atomic mass is 32.2. The molecule has 0 radical (unpaired) electrons. The van der Waals surface area contributed by atoms with Gasteiger partial charge in [0, 0.05) is 26.2 Å². The molecule has 174 valence electrons.